The van der Waals surface area contributed by atoms with Crippen molar-refractivity contribution in [1.82, 2.24) is 0 Å². The summed E-state index contributed by atoms with van der Waals surface area (Å²) in [4.78, 5) is 41.4. The van der Waals surface area contributed by atoms with Crippen LogP contribution in [0.25, 0.3) is 0 Å². The van der Waals surface area contributed by atoms with Gasteiger partial charge in [-0.3, -0.25) is 14.4 Å². The van der Waals surface area contributed by atoms with Crippen LogP contribution in [0.3, 0.4) is 0 Å². The van der Waals surface area contributed by atoms with Gasteiger partial charge in [-0.2, -0.15) is 0 Å². The van der Waals surface area contributed by atoms with Gasteiger partial charge in [0, 0.05) is 14.5 Å². The van der Waals surface area contributed by atoms with Gasteiger partial charge >= 0.3 is 5.97 Å². The number of rotatable bonds is 4. The van der Waals surface area contributed by atoms with Crippen LogP contribution in [-0.2, 0) is 24.5 Å². The van der Waals surface area contributed by atoms with E-state index >= 15 is 0 Å². The van der Waals surface area contributed by atoms with E-state index in [1.165, 1.54) is 18.2 Å². The van der Waals surface area contributed by atoms with Crippen LogP contribution < -0.4 is 4.90 Å². The minimum Gasteiger partial charge on any atom is -0.465 e. The summed E-state index contributed by atoms with van der Waals surface area (Å²) in [6.45, 7) is 4.85. The molecule has 0 saturated carbocycles. The standard InChI is InChI=1S/C21H18BrCl2NO4/c1-4-29-19(28)21(12-5-7-13(22)8-6-12)18(27)25(17(26)20(21,2)3)16-10-14(23)9-15(24)11-16/h5-11H,4H2,1-3H3/t21-/m1/s1. The molecule has 1 heterocycles. The first-order chi connectivity index (χ1) is 13.6. The van der Waals surface area contributed by atoms with E-state index in [2.05, 4.69) is 15.9 Å². The van der Waals surface area contributed by atoms with Crippen LogP contribution in [0.2, 0.25) is 10.0 Å². The molecule has 1 fully saturated rings. The third-order valence-electron chi connectivity index (χ3n) is 5.16. The van der Waals surface area contributed by atoms with Gasteiger partial charge in [0.15, 0.2) is 5.41 Å². The predicted octanol–water partition coefficient (Wildman–Crippen LogP) is 5.16. The fourth-order valence-electron chi connectivity index (χ4n) is 3.75. The molecule has 2 aromatic carbocycles. The molecule has 0 radical (unpaired) electrons. The largest absolute Gasteiger partial charge is 0.465 e. The molecule has 0 spiro atoms. The van der Waals surface area contributed by atoms with Gasteiger partial charge in [0.05, 0.1) is 17.7 Å². The summed E-state index contributed by atoms with van der Waals surface area (Å²) in [5.41, 5.74) is -2.69. The molecule has 1 aliphatic rings. The smallest absolute Gasteiger partial charge is 0.327 e. The van der Waals surface area contributed by atoms with Crippen molar-refractivity contribution in [2.24, 2.45) is 5.41 Å². The van der Waals surface area contributed by atoms with Crippen LogP contribution in [0.15, 0.2) is 46.9 Å². The van der Waals surface area contributed by atoms with Crippen molar-refractivity contribution in [2.45, 2.75) is 26.2 Å². The predicted molar refractivity (Wildman–Crippen MR) is 115 cm³/mol. The van der Waals surface area contributed by atoms with Crippen molar-refractivity contribution in [2.75, 3.05) is 11.5 Å². The summed E-state index contributed by atoms with van der Waals surface area (Å²) in [6, 6.07) is 11.1. The van der Waals surface area contributed by atoms with E-state index in [4.69, 9.17) is 27.9 Å². The van der Waals surface area contributed by atoms with Crippen LogP contribution >= 0.6 is 39.1 Å². The molecule has 2 amide bonds. The monoisotopic (exact) mass is 497 g/mol. The Morgan fingerprint density at radius 2 is 1.59 bits per heavy atom. The molecular formula is C21H18BrCl2NO4. The molecule has 1 aliphatic heterocycles. The minimum absolute atomic E-state index is 0.0671. The van der Waals surface area contributed by atoms with Gasteiger partial charge < -0.3 is 4.74 Å². The van der Waals surface area contributed by atoms with Crippen LogP contribution in [0.5, 0.6) is 0 Å². The fraction of sp³-hybridized carbons (Fsp3) is 0.286. The van der Waals surface area contributed by atoms with E-state index in [9.17, 15) is 14.4 Å². The van der Waals surface area contributed by atoms with Crippen molar-refractivity contribution in [3.8, 4) is 0 Å². The van der Waals surface area contributed by atoms with Gasteiger partial charge in [0.2, 0.25) is 5.91 Å². The summed E-state index contributed by atoms with van der Waals surface area (Å²) in [5.74, 6) is -2.02. The lowest BCUT2D eigenvalue weighted by atomic mass is 9.63. The zero-order valence-electron chi connectivity index (χ0n) is 16.0. The molecule has 0 aliphatic carbocycles. The lowest BCUT2D eigenvalue weighted by Gasteiger charge is -2.34. The second-order valence-corrected chi connectivity index (χ2v) is 8.96. The minimum atomic E-state index is -1.85. The molecule has 0 aromatic heterocycles. The van der Waals surface area contributed by atoms with E-state index in [1.807, 2.05) is 0 Å². The van der Waals surface area contributed by atoms with Crippen molar-refractivity contribution < 1.29 is 19.1 Å². The van der Waals surface area contributed by atoms with Crippen molar-refractivity contribution in [1.29, 1.82) is 0 Å². The Bertz CT molecular complexity index is 986. The van der Waals surface area contributed by atoms with Gasteiger partial charge in [-0.15, -0.1) is 0 Å². The summed E-state index contributed by atoms with van der Waals surface area (Å²) < 4.78 is 6.07. The zero-order valence-corrected chi connectivity index (χ0v) is 19.1. The Labute approximate surface area is 187 Å². The highest BCUT2D eigenvalue weighted by molar-refractivity contribution is 9.10. The third-order valence-corrected chi connectivity index (χ3v) is 6.13. The summed E-state index contributed by atoms with van der Waals surface area (Å²) in [7, 11) is 0. The molecule has 5 nitrogen and oxygen atoms in total. The Morgan fingerprint density at radius 1 is 1.03 bits per heavy atom. The van der Waals surface area contributed by atoms with Crippen molar-refractivity contribution >= 4 is 62.6 Å². The second-order valence-electron chi connectivity index (χ2n) is 7.18. The number of hydrogen-bond donors (Lipinski definition) is 0. The number of halogens is 3. The highest BCUT2D eigenvalue weighted by Gasteiger charge is 2.71. The number of hydrogen-bond acceptors (Lipinski definition) is 4. The molecule has 3 rings (SSSR count). The zero-order chi connectivity index (χ0) is 21.6. The Hall–Kier alpha value is -1.89. The normalized spacial score (nSPS) is 20.8. The summed E-state index contributed by atoms with van der Waals surface area (Å²) >= 11 is 15.5. The van der Waals surface area contributed by atoms with Crippen LogP contribution in [0.1, 0.15) is 26.3 Å². The number of benzene rings is 2. The maximum Gasteiger partial charge on any atom is 0.327 e. The molecule has 29 heavy (non-hydrogen) atoms. The number of carbonyl (C=O) groups is 3. The van der Waals surface area contributed by atoms with E-state index in [1.54, 1.807) is 45.0 Å². The SMILES string of the molecule is CCOC(=O)[C@@]1(c2ccc(Br)cc2)C(=O)N(c2cc(Cl)cc(Cl)c2)C(=O)C1(C)C. The third kappa shape index (κ3) is 3.27. The van der Waals surface area contributed by atoms with E-state index in [-0.39, 0.29) is 22.3 Å². The van der Waals surface area contributed by atoms with E-state index in [0.717, 1.165) is 9.37 Å². The number of nitrogens with zero attached hydrogens (tertiary/aromatic N) is 1. The van der Waals surface area contributed by atoms with E-state index in [0.29, 0.717) is 5.56 Å². The first-order valence-electron chi connectivity index (χ1n) is 8.85. The Kier molecular flexibility index (Phi) is 5.82. The fourth-order valence-corrected chi connectivity index (χ4v) is 4.53. The number of anilines is 1. The van der Waals surface area contributed by atoms with Crippen LogP contribution in [0, 0.1) is 5.41 Å². The maximum absolute atomic E-state index is 13.8. The van der Waals surface area contributed by atoms with E-state index < -0.39 is 28.6 Å². The first kappa shape index (κ1) is 21.8. The van der Waals surface area contributed by atoms with Gasteiger partial charge in [-0.25, -0.2) is 4.90 Å². The number of ether oxygens (including phenoxy) is 1. The average Bonchev–Trinajstić information content (AvgIpc) is 2.78. The van der Waals surface area contributed by atoms with Crippen molar-refractivity contribution in [3.63, 3.8) is 0 Å². The van der Waals surface area contributed by atoms with Gasteiger partial charge in [-0.05, 0) is 56.7 Å². The Balaban J connectivity index is 2.30. The maximum atomic E-state index is 13.8. The number of amides is 2. The molecule has 1 atom stereocenters. The number of carbonyl (C=O) groups excluding carboxylic acids is 3. The van der Waals surface area contributed by atoms with Gasteiger partial charge in [-0.1, -0.05) is 51.3 Å². The molecule has 152 valence electrons. The average molecular weight is 499 g/mol. The van der Waals surface area contributed by atoms with Crippen LogP contribution in [-0.4, -0.2) is 24.4 Å². The summed E-state index contributed by atoms with van der Waals surface area (Å²) in [6.07, 6.45) is 0. The number of imide groups is 1. The molecule has 0 N–H and O–H groups in total. The number of esters is 1. The molecule has 8 heteroatoms. The van der Waals surface area contributed by atoms with Crippen molar-refractivity contribution in [3.05, 3.63) is 62.5 Å². The van der Waals surface area contributed by atoms with Crippen LogP contribution in [0.4, 0.5) is 5.69 Å². The molecule has 0 bridgehead atoms. The highest BCUT2D eigenvalue weighted by Crippen LogP contribution is 2.52. The molecular weight excluding hydrogens is 481 g/mol. The molecule has 1 saturated heterocycles. The molecule has 2 aromatic rings. The first-order valence-corrected chi connectivity index (χ1v) is 10.4. The second kappa shape index (κ2) is 7.74. The quantitative estimate of drug-likeness (QED) is 0.332. The highest BCUT2D eigenvalue weighted by atomic mass is 79.9. The lowest BCUT2D eigenvalue weighted by molar-refractivity contribution is -0.158. The van der Waals surface area contributed by atoms with Gasteiger partial charge in [0.1, 0.15) is 0 Å². The summed E-state index contributed by atoms with van der Waals surface area (Å²) in [5, 5.41) is 0.534. The van der Waals surface area contributed by atoms with Gasteiger partial charge in [0.25, 0.3) is 5.91 Å². The topological polar surface area (TPSA) is 63.7 Å². The lowest BCUT2D eigenvalue weighted by Crippen LogP contribution is -2.52. The Morgan fingerprint density at radius 3 is 2.10 bits per heavy atom. The molecule has 0 unspecified atom stereocenters.